The molecule has 0 aliphatic carbocycles. The summed E-state index contributed by atoms with van der Waals surface area (Å²) in [4.78, 5) is 3.59. The van der Waals surface area contributed by atoms with Gasteiger partial charge in [-0.3, -0.25) is 0 Å². The van der Waals surface area contributed by atoms with Gasteiger partial charge in [0.2, 0.25) is 6.26 Å². The lowest BCUT2D eigenvalue weighted by Gasteiger charge is -1.97. The molecule has 3 nitrogen and oxygen atoms in total. The molecule has 5 heteroatoms. The number of aromatic nitrogens is 2. The van der Waals surface area contributed by atoms with Gasteiger partial charge >= 0.3 is 0 Å². The maximum absolute atomic E-state index is 13.2. The first-order valence-electron chi connectivity index (χ1n) is 3.84. The smallest absolute Gasteiger partial charge is 0.208 e. The Kier molecular flexibility index (Phi) is 1.99. The SMILES string of the molecule is Cc1[c]onc1-c1ncc(F)cc1F. The summed E-state index contributed by atoms with van der Waals surface area (Å²) in [5.41, 5.74) is 0.736. The van der Waals surface area contributed by atoms with Crippen LogP contribution in [0.3, 0.4) is 0 Å². The zero-order valence-corrected chi connectivity index (χ0v) is 7.21. The van der Waals surface area contributed by atoms with Crippen molar-refractivity contribution in [1.29, 1.82) is 0 Å². The van der Waals surface area contributed by atoms with Crippen LogP contribution < -0.4 is 0 Å². The number of aryl methyl sites for hydroxylation is 1. The standard InChI is InChI=1S/C9H5F2N2O/c1-5-4-14-13-8(5)9-7(11)2-6(10)3-12-9/h2-3H,1H3. The molecule has 0 atom stereocenters. The average Bonchev–Trinajstić information content (AvgIpc) is 2.52. The van der Waals surface area contributed by atoms with E-state index in [2.05, 4.69) is 20.9 Å². The summed E-state index contributed by atoms with van der Waals surface area (Å²) >= 11 is 0. The van der Waals surface area contributed by atoms with Crippen molar-refractivity contribution < 1.29 is 13.3 Å². The molecule has 0 amide bonds. The van der Waals surface area contributed by atoms with Crippen LogP contribution in [0.15, 0.2) is 16.8 Å². The van der Waals surface area contributed by atoms with E-state index in [0.29, 0.717) is 5.56 Å². The highest BCUT2D eigenvalue weighted by molar-refractivity contribution is 5.57. The third kappa shape index (κ3) is 1.37. The van der Waals surface area contributed by atoms with Crippen molar-refractivity contribution in [2.75, 3.05) is 0 Å². The zero-order chi connectivity index (χ0) is 10.1. The molecule has 1 radical (unpaired) electrons. The Morgan fingerprint density at radius 3 is 2.71 bits per heavy atom. The maximum atomic E-state index is 13.2. The van der Waals surface area contributed by atoms with Crippen LogP contribution in [0.1, 0.15) is 5.56 Å². The van der Waals surface area contributed by atoms with E-state index in [1.165, 1.54) is 0 Å². The lowest BCUT2D eigenvalue weighted by molar-refractivity contribution is 0.414. The van der Waals surface area contributed by atoms with Crippen LogP contribution in [0, 0.1) is 24.8 Å². The molecule has 2 aromatic rings. The van der Waals surface area contributed by atoms with Crippen molar-refractivity contribution in [3.05, 3.63) is 35.7 Å². The topological polar surface area (TPSA) is 38.9 Å². The Labute approximate surface area is 78.4 Å². The van der Waals surface area contributed by atoms with Crippen molar-refractivity contribution in [1.82, 2.24) is 10.1 Å². The number of halogens is 2. The molecule has 0 aliphatic heterocycles. The van der Waals surface area contributed by atoms with E-state index in [9.17, 15) is 8.78 Å². The van der Waals surface area contributed by atoms with E-state index >= 15 is 0 Å². The van der Waals surface area contributed by atoms with Crippen LogP contribution in [0.5, 0.6) is 0 Å². The van der Waals surface area contributed by atoms with Crippen LogP contribution in [0.2, 0.25) is 0 Å². The number of nitrogens with zero attached hydrogens (tertiary/aromatic N) is 2. The first-order chi connectivity index (χ1) is 6.68. The quantitative estimate of drug-likeness (QED) is 0.699. The molecule has 0 N–H and O–H groups in total. The Morgan fingerprint density at radius 2 is 2.14 bits per heavy atom. The zero-order valence-electron chi connectivity index (χ0n) is 7.21. The average molecular weight is 195 g/mol. The molecule has 2 rings (SSSR count). The van der Waals surface area contributed by atoms with Crippen LogP contribution in [-0.2, 0) is 0 Å². The fraction of sp³-hybridized carbons (Fsp3) is 0.111. The van der Waals surface area contributed by atoms with E-state index < -0.39 is 11.6 Å². The Balaban J connectivity index is 2.58. The van der Waals surface area contributed by atoms with Gasteiger partial charge in [-0.15, -0.1) is 0 Å². The van der Waals surface area contributed by atoms with E-state index in [0.717, 1.165) is 12.3 Å². The van der Waals surface area contributed by atoms with Crippen LogP contribution >= 0.6 is 0 Å². The summed E-state index contributed by atoms with van der Waals surface area (Å²) in [6.45, 7) is 1.65. The summed E-state index contributed by atoms with van der Waals surface area (Å²) < 4.78 is 30.2. The first kappa shape index (κ1) is 8.80. The van der Waals surface area contributed by atoms with Crippen LogP contribution in [-0.4, -0.2) is 10.1 Å². The maximum Gasteiger partial charge on any atom is 0.208 e. The van der Waals surface area contributed by atoms with Gasteiger partial charge in [-0.1, -0.05) is 5.16 Å². The van der Waals surface area contributed by atoms with Gasteiger partial charge in [0.1, 0.15) is 17.2 Å². The second-order valence-corrected chi connectivity index (χ2v) is 2.74. The summed E-state index contributed by atoms with van der Waals surface area (Å²) in [5, 5.41) is 3.52. The van der Waals surface area contributed by atoms with Gasteiger partial charge in [-0.05, 0) is 6.92 Å². The lowest BCUT2D eigenvalue weighted by Crippen LogP contribution is -1.92. The lowest BCUT2D eigenvalue weighted by atomic mass is 10.2. The van der Waals surface area contributed by atoms with Gasteiger partial charge in [0, 0.05) is 11.6 Å². The fourth-order valence-corrected chi connectivity index (χ4v) is 1.06. The van der Waals surface area contributed by atoms with Crippen LogP contribution in [0.4, 0.5) is 8.78 Å². The molecule has 2 heterocycles. The van der Waals surface area contributed by atoms with E-state index in [-0.39, 0.29) is 11.4 Å². The van der Waals surface area contributed by atoms with Crippen molar-refractivity contribution in [3.63, 3.8) is 0 Å². The summed E-state index contributed by atoms with van der Waals surface area (Å²) in [7, 11) is 0. The Morgan fingerprint density at radius 1 is 1.36 bits per heavy atom. The predicted molar refractivity (Wildman–Crippen MR) is 43.2 cm³/mol. The van der Waals surface area contributed by atoms with Crippen molar-refractivity contribution in [2.45, 2.75) is 6.92 Å². The molecule has 14 heavy (non-hydrogen) atoms. The second-order valence-electron chi connectivity index (χ2n) is 2.74. The minimum absolute atomic E-state index is 0.0334. The van der Waals surface area contributed by atoms with Gasteiger partial charge in [0.15, 0.2) is 5.82 Å². The minimum Gasteiger partial charge on any atom is -0.352 e. The van der Waals surface area contributed by atoms with Gasteiger partial charge in [-0.25, -0.2) is 13.8 Å². The van der Waals surface area contributed by atoms with E-state index in [1.54, 1.807) is 6.92 Å². The van der Waals surface area contributed by atoms with Crippen LogP contribution in [0.25, 0.3) is 11.4 Å². The van der Waals surface area contributed by atoms with Gasteiger partial charge in [0.25, 0.3) is 0 Å². The van der Waals surface area contributed by atoms with Crippen molar-refractivity contribution >= 4 is 0 Å². The minimum atomic E-state index is -0.768. The predicted octanol–water partition coefficient (Wildman–Crippen LogP) is 2.12. The molecule has 0 fully saturated rings. The number of pyridine rings is 1. The molecule has 0 aliphatic rings. The second kappa shape index (κ2) is 3.17. The number of hydrogen-bond acceptors (Lipinski definition) is 3. The first-order valence-corrected chi connectivity index (χ1v) is 3.84. The molecule has 0 aromatic carbocycles. The molecule has 0 saturated carbocycles. The molecular formula is C9H5F2N2O. The number of rotatable bonds is 1. The summed E-state index contributed by atoms with van der Waals surface area (Å²) in [6.07, 6.45) is 3.35. The fourth-order valence-electron chi connectivity index (χ4n) is 1.06. The monoisotopic (exact) mass is 195 g/mol. The molecular weight excluding hydrogens is 190 g/mol. The summed E-state index contributed by atoms with van der Waals surface area (Å²) in [5.74, 6) is -1.49. The van der Waals surface area contributed by atoms with Gasteiger partial charge < -0.3 is 4.52 Å². The molecule has 0 saturated heterocycles. The van der Waals surface area contributed by atoms with Crippen molar-refractivity contribution in [2.24, 2.45) is 0 Å². The number of hydrogen-bond donors (Lipinski definition) is 0. The van der Waals surface area contributed by atoms with E-state index in [4.69, 9.17) is 0 Å². The third-order valence-electron chi connectivity index (χ3n) is 1.72. The molecule has 0 unspecified atom stereocenters. The van der Waals surface area contributed by atoms with Gasteiger partial charge in [-0.2, -0.15) is 0 Å². The van der Waals surface area contributed by atoms with E-state index in [1.807, 2.05) is 0 Å². The largest absolute Gasteiger partial charge is 0.352 e. The third-order valence-corrected chi connectivity index (χ3v) is 1.72. The highest BCUT2D eigenvalue weighted by atomic mass is 19.1. The van der Waals surface area contributed by atoms with Crippen molar-refractivity contribution in [3.8, 4) is 11.4 Å². The molecule has 2 aromatic heterocycles. The highest BCUT2D eigenvalue weighted by Gasteiger charge is 2.14. The normalized spacial score (nSPS) is 10.5. The molecule has 0 bridgehead atoms. The highest BCUT2D eigenvalue weighted by Crippen LogP contribution is 2.21. The molecule has 71 valence electrons. The Hall–Kier alpha value is -1.78. The summed E-state index contributed by atoms with van der Waals surface area (Å²) in [6, 6.07) is 0.746. The van der Waals surface area contributed by atoms with Gasteiger partial charge in [0.05, 0.1) is 6.20 Å². The Bertz CT molecular complexity index is 468. The molecule has 0 spiro atoms.